The summed E-state index contributed by atoms with van der Waals surface area (Å²) in [6.45, 7) is 0. The van der Waals surface area contributed by atoms with Gasteiger partial charge in [-0.05, 0) is 0 Å². The van der Waals surface area contributed by atoms with Crippen LogP contribution in [0.2, 0.25) is 0 Å². The van der Waals surface area contributed by atoms with Crippen molar-refractivity contribution in [3.63, 3.8) is 0 Å². The van der Waals surface area contributed by atoms with Gasteiger partial charge in [-0.3, -0.25) is 0 Å². The Kier molecular flexibility index (Phi) is 0.906. The smallest absolute Gasteiger partial charge is 0.171 e. The number of allylic oxidation sites excluding steroid dienone is 1. The molecule has 0 saturated carbocycles. The summed E-state index contributed by atoms with van der Waals surface area (Å²) in [6.07, 6.45) is 6.88. The highest BCUT2D eigenvalue weighted by atomic mass is 15.3. The maximum absolute atomic E-state index is 2.82. The van der Waals surface area contributed by atoms with Crippen molar-refractivity contribution < 1.29 is 5.10 Å². The van der Waals surface area contributed by atoms with Gasteiger partial charge in [0.05, 0.1) is 6.20 Å². The van der Waals surface area contributed by atoms with Crippen molar-refractivity contribution in [3.05, 3.63) is 12.3 Å². The van der Waals surface area contributed by atoms with Crippen molar-refractivity contribution in [2.75, 3.05) is 0 Å². The monoisotopic (exact) mass is 83.1 g/mol. The highest BCUT2D eigenvalue weighted by Crippen LogP contribution is 1.70. The molecule has 0 fully saturated rings. The molecule has 1 heterocycles. The summed E-state index contributed by atoms with van der Waals surface area (Å²) < 4.78 is 0. The zero-order chi connectivity index (χ0) is 4.24. The Labute approximate surface area is 36.6 Å². The van der Waals surface area contributed by atoms with Crippen LogP contribution in [0.5, 0.6) is 0 Å². The van der Waals surface area contributed by atoms with Gasteiger partial charge in [-0.2, -0.15) is 5.43 Å². The lowest BCUT2D eigenvalue weighted by atomic mass is 10.4. The van der Waals surface area contributed by atoms with Gasteiger partial charge in [-0.25, -0.2) is 0 Å². The first kappa shape index (κ1) is 3.40. The van der Waals surface area contributed by atoms with Crippen LogP contribution >= 0.6 is 0 Å². The summed E-state index contributed by atoms with van der Waals surface area (Å²) in [7, 11) is 0. The number of hydrazine groups is 1. The van der Waals surface area contributed by atoms with E-state index in [0.29, 0.717) is 0 Å². The van der Waals surface area contributed by atoms with Crippen LogP contribution in [0.4, 0.5) is 0 Å². The minimum atomic E-state index is 1.02. The van der Waals surface area contributed by atoms with Gasteiger partial charge in [0.2, 0.25) is 0 Å². The molecule has 0 aromatic rings. The Balaban J connectivity index is 2.40. The molecule has 2 heteroatoms. The average Bonchev–Trinajstić information content (AvgIpc) is 1.72. The van der Waals surface area contributed by atoms with Crippen molar-refractivity contribution in [3.8, 4) is 0 Å². The molecule has 0 aliphatic carbocycles. The van der Waals surface area contributed by atoms with Crippen LogP contribution in [0.15, 0.2) is 12.3 Å². The first-order valence-corrected chi connectivity index (χ1v) is 1.98. The summed E-state index contributed by atoms with van der Waals surface area (Å²) in [6, 6.07) is 0. The fourth-order valence-corrected chi connectivity index (χ4v) is 0.361. The van der Waals surface area contributed by atoms with Crippen molar-refractivity contribution in [1.82, 2.24) is 5.43 Å². The summed E-state index contributed by atoms with van der Waals surface area (Å²) in [5, 5.41) is 2.82. The van der Waals surface area contributed by atoms with E-state index >= 15 is 0 Å². The summed E-state index contributed by atoms with van der Waals surface area (Å²) in [4.78, 5) is 0. The first-order chi connectivity index (χ1) is 3.00. The molecular weight excluding hydrogens is 76.1 g/mol. The second-order valence-electron chi connectivity index (χ2n) is 1.13. The van der Waals surface area contributed by atoms with Crippen LogP contribution in [0.3, 0.4) is 0 Å². The van der Waals surface area contributed by atoms with Crippen molar-refractivity contribution >= 4 is 6.21 Å². The Bertz CT molecular complexity index is 63.5. The molecule has 0 amide bonds. The van der Waals surface area contributed by atoms with Crippen LogP contribution in [0.1, 0.15) is 6.42 Å². The van der Waals surface area contributed by atoms with Crippen molar-refractivity contribution in [1.29, 1.82) is 0 Å². The van der Waals surface area contributed by atoms with Crippen LogP contribution in [-0.4, -0.2) is 6.21 Å². The van der Waals surface area contributed by atoms with Crippen LogP contribution < -0.4 is 10.5 Å². The molecule has 32 valence electrons. The molecule has 0 aromatic heterocycles. The molecule has 0 atom stereocenters. The highest BCUT2D eigenvalue weighted by Gasteiger charge is 1.81. The summed E-state index contributed by atoms with van der Waals surface area (Å²) >= 11 is 0. The van der Waals surface area contributed by atoms with E-state index in [1.54, 1.807) is 0 Å². The lowest BCUT2D eigenvalue weighted by Gasteiger charge is -1.84. The number of hydrogen-bond donors (Lipinski definition) is 2. The molecule has 0 bridgehead atoms. The highest BCUT2D eigenvalue weighted by molar-refractivity contribution is 5.52. The van der Waals surface area contributed by atoms with Gasteiger partial charge in [0.1, 0.15) is 0 Å². The van der Waals surface area contributed by atoms with Gasteiger partial charge in [0.25, 0.3) is 0 Å². The molecule has 1 aliphatic heterocycles. The first-order valence-electron chi connectivity index (χ1n) is 1.98. The molecule has 1 rings (SSSR count). The van der Waals surface area contributed by atoms with Gasteiger partial charge in [0, 0.05) is 6.42 Å². The fourth-order valence-electron chi connectivity index (χ4n) is 0.361. The number of hydrazone groups is 1. The van der Waals surface area contributed by atoms with Crippen LogP contribution in [-0.2, 0) is 0 Å². The molecule has 2 nitrogen and oxygen atoms in total. The minimum absolute atomic E-state index is 1.02. The Morgan fingerprint density at radius 3 is 2.83 bits per heavy atom. The van der Waals surface area contributed by atoms with E-state index in [2.05, 4.69) is 10.5 Å². The maximum Gasteiger partial charge on any atom is 0.171 e. The zero-order valence-electron chi connectivity index (χ0n) is 3.44. The maximum atomic E-state index is 2.82. The second-order valence-corrected chi connectivity index (χ2v) is 1.13. The summed E-state index contributed by atoms with van der Waals surface area (Å²) in [5.74, 6) is 0. The van der Waals surface area contributed by atoms with Gasteiger partial charge in [0.15, 0.2) is 6.21 Å². The molecule has 0 spiro atoms. The Morgan fingerprint density at radius 1 is 1.67 bits per heavy atom. The normalized spacial score (nSPS) is 17.3. The van der Waals surface area contributed by atoms with E-state index in [9.17, 15) is 0 Å². The molecule has 1 aliphatic rings. The number of hydrogen-bond acceptors (Lipinski definition) is 1. The molecule has 0 radical (unpaired) electrons. The van der Waals surface area contributed by atoms with Crippen LogP contribution in [0.25, 0.3) is 0 Å². The lowest BCUT2D eigenvalue weighted by Crippen LogP contribution is -2.78. The van der Waals surface area contributed by atoms with Gasteiger partial charge in [-0.1, -0.05) is 6.08 Å². The third kappa shape index (κ3) is 0.578. The SMILES string of the molecule is C1=CN[NH+]=CC1. The van der Waals surface area contributed by atoms with Gasteiger partial charge < -0.3 is 0 Å². The molecule has 2 N–H and O–H groups in total. The standard InChI is InChI=1S/C4H6N2/c1-2-4-6-5-3-1/h1,3-5H,2H2/p+1. The molecule has 6 heavy (non-hydrogen) atoms. The minimum Gasteiger partial charge on any atom is -0.176 e. The predicted octanol–water partition coefficient (Wildman–Crippen LogP) is -1.44. The van der Waals surface area contributed by atoms with Crippen molar-refractivity contribution in [2.45, 2.75) is 6.42 Å². The Morgan fingerprint density at radius 2 is 2.67 bits per heavy atom. The van der Waals surface area contributed by atoms with E-state index < -0.39 is 0 Å². The lowest BCUT2D eigenvalue weighted by molar-refractivity contribution is -0.511. The third-order valence-corrected chi connectivity index (χ3v) is 0.641. The predicted molar refractivity (Wildman–Crippen MR) is 23.9 cm³/mol. The molecule has 0 saturated heterocycles. The molecular formula is C4H7N2+. The number of nitrogens with one attached hydrogen (secondary N) is 2. The van der Waals surface area contributed by atoms with E-state index in [-0.39, 0.29) is 0 Å². The number of rotatable bonds is 0. The molecule has 0 aromatic carbocycles. The second kappa shape index (κ2) is 1.60. The third-order valence-electron chi connectivity index (χ3n) is 0.641. The quantitative estimate of drug-likeness (QED) is 0.368. The van der Waals surface area contributed by atoms with Gasteiger partial charge in [-0.15, -0.1) is 5.10 Å². The average molecular weight is 83.1 g/mol. The van der Waals surface area contributed by atoms with E-state index in [0.717, 1.165) is 6.42 Å². The molecule has 0 unspecified atom stereocenters. The van der Waals surface area contributed by atoms with E-state index in [4.69, 9.17) is 0 Å². The van der Waals surface area contributed by atoms with E-state index in [1.807, 2.05) is 18.5 Å². The topological polar surface area (TPSA) is 26.0 Å². The van der Waals surface area contributed by atoms with E-state index in [1.165, 1.54) is 0 Å². The zero-order valence-corrected chi connectivity index (χ0v) is 3.44. The summed E-state index contributed by atoms with van der Waals surface area (Å²) in [5.41, 5.74) is 2.80. The largest absolute Gasteiger partial charge is 0.176 e. The van der Waals surface area contributed by atoms with Gasteiger partial charge >= 0.3 is 0 Å². The van der Waals surface area contributed by atoms with Crippen molar-refractivity contribution in [2.24, 2.45) is 0 Å². The van der Waals surface area contributed by atoms with Crippen LogP contribution in [0, 0.1) is 0 Å². The fraction of sp³-hybridized carbons (Fsp3) is 0.250. The Hall–Kier alpha value is -0.790.